The predicted octanol–water partition coefficient (Wildman–Crippen LogP) is 11.8. The summed E-state index contributed by atoms with van der Waals surface area (Å²) in [6.07, 6.45) is 51.8. The van der Waals surface area contributed by atoms with E-state index in [9.17, 15) is 22.9 Å². The number of rotatable bonds is 35. The average molecular weight is 718 g/mol. The van der Waals surface area contributed by atoms with Gasteiger partial charge in [0, 0.05) is 6.42 Å². The standard InChI is InChI=1S/C43H75NO5S/c1-3-5-7-9-11-13-15-17-18-19-20-21-22-23-24-25-26-27-29-31-33-35-37-39-43(46)44-41(40-50(47,48)49)42(45)38-36-34-32-30-28-16-14-12-10-8-6-4-2/h10,12,15,17,19-20,22-23,28,30,36,38,41-42,45H,3-9,11,13-14,16,18,21,24-27,29,31-35,37,39-40H2,1-2H3,(H,44,46)(H,47,48,49)/b12-10+,17-15-,20-19-,23-22-,30-28+,38-36+. The van der Waals surface area contributed by atoms with Crippen LogP contribution in [0.4, 0.5) is 0 Å². The van der Waals surface area contributed by atoms with Gasteiger partial charge in [-0.1, -0.05) is 164 Å². The lowest BCUT2D eigenvalue weighted by atomic mass is 10.1. The molecule has 2 unspecified atom stereocenters. The van der Waals surface area contributed by atoms with E-state index in [2.05, 4.69) is 79.9 Å². The zero-order valence-electron chi connectivity index (χ0n) is 32.0. The summed E-state index contributed by atoms with van der Waals surface area (Å²) >= 11 is 0. The molecule has 288 valence electrons. The molecule has 0 aromatic carbocycles. The molecular weight excluding hydrogens is 643 g/mol. The minimum atomic E-state index is -4.36. The van der Waals surface area contributed by atoms with E-state index in [4.69, 9.17) is 0 Å². The lowest BCUT2D eigenvalue weighted by Crippen LogP contribution is -2.46. The van der Waals surface area contributed by atoms with Gasteiger partial charge >= 0.3 is 0 Å². The maximum Gasteiger partial charge on any atom is 0.267 e. The zero-order valence-corrected chi connectivity index (χ0v) is 32.8. The van der Waals surface area contributed by atoms with Gasteiger partial charge < -0.3 is 10.4 Å². The maximum absolute atomic E-state index is 12.5. The molecule has 50 heavy (non-hydrogen) atoms. The highest BCUT2D eigenvalue weighted by atomic mass is 32.2. The smallest absolute Gasteiger partial charge is 0.267 e. The Labute approximate surface area is 308 Å². The first kappa shape index (κ1) is 47.8. The largest absolute Gasteiger partial charge is 0.387 e. The second kappa shape index (κ2) is 36.6. The molecule has 0 bridgehead atoms. The van der Waals surface area contributed by atoms with Crippen molar-refractivity contribution < 1.29 is 22.9 Å². The fourth-order valence-electron chi connectivity index (χ4n) is 5.53. The molecule has 0 aliphatic rings. The van der Waals surface area contributed by atoms with E-state index in [1.54, 1.807) is 6.08 Å². The number of aliphatic hydroxyl groups is 1. The number of amides is 1. The number of unbranched alkanes of at least 4 members (excludes halogenated alkanes) is 17. The van der Waals surface area contributed by atoms with Crippen molar-refractivity contribution in [3.05, 3.63) is 72.9 Å². The van der Waals surface area contributed by atoms with Crippen molar-refractivity contribution in [2.45, 2.75) is 187 Å². The van der Waals surface area contributed by atoms with Crippen LogP contribution in [0, 0.1) is 0 Å². The van der Waals surface area contributed by atoms with Crippen molar-refractivity contribution >= 4 is 16.0 Å². The van der Waals surface area contributed by atoms with E-state index in [1.807, 2.05) is 0 Å². The highest BCUT2D eigenvalue weighted by Gasteiger charge is 2.24. The fraction of sp³-hybridized carbons (Fsp3) is 0.698. The summed E-state index contributed by atoms with van der Waals surface area (Å²) < 4.78 is 32.4. The summed E-state index contributed by atoms with van der Waals surface area (Å²) in [5, 5.41) is 13.1. The highest BCUT2D eigenvalue weighted by Crippen LogP contribution is 2.12. The Balaban J connectivity index is 3.96. The lowest BCUT2D eigenvalue weighted by Gasteiger charge is -2.21. The van der Waals surface area contributed by atoms with Crippen molar-refractivity contribution in [3.8, 4) is 0 Å². The topological polar surface area (TPSA) is 104 Å². The third-order valence-corrected chi connectivity index (χ3v) is 9.36. The van der Waals surface area contributed by atoms with Crippen molar-refractivity contribution in [2.75, 3.05) is 5.75 Å². The van der Waals surface area contributed by atoms with Crippen molar-refractivity contribution in [1.82, 2.24) is 5.32 Å². The number of allylic oxidation sites excluding steroid dienone is 11. The Morgan fingerprint density at radius 2 is 0.940 bits per heavy atom. The van der Waals surface area contributed by atoms with Crippen LogP contribution in [0.15, 0.2) is 72.9 Å². The van der Waals surface area contributed by atoms with E-state index in [-0.39, 0.29) is 12.3 Å². The number of carbonyl (C=O) groups excluding carboxylic acids is 1. The molecule has 0 heterocycles. The van der Waals surface area contributed by atoms with Gasteiger partial charge in [0.05, 0.1) is 17.9 Å². The summed E-state index contributed by atoms with van der Waals surface area (Å²) in [6.45, 7) is 4.45. The number of carbonyl (C=O) groups is 1. The average Bonchev–Trinajstić information content (AvgIpc) is 3.08. The van der Waals surface area contributed by atoms with Crippen LogP contribution in [0.3, 0.4) is 0 Å². The molecule has 0 aromatic heterocycles. The van der Waals surface area contributed by atoms with E-state index >= 15 is 0 Å². The molecule has 0 rings (SSSR count). The molecule has 6 nitrogen and oxygen atoms in total. The Bertz CT molecular complexity index is 1060. The summed E-state index contributed by atoms with van der Waals surface area (Å²) in [6, 6.07) is -1.09. The number of aliphatic hydroxyl groups excluding tert-OH is 1. The van der Waals surface area contributed by atoms with E-state index < -0.39 is 28.0 Å². The molecule has 7 heteroatoms. The van der Waals surface area contributed by atoms with E-state index in [1.165, 1.54) is 83.1 Å². The third kappa shape index (κ3) is 37.0. The minimum absolute atomic E-state index is 0.272. The zero-order chi connectivity index (χ0) is 36.8. The van der Waals surface area contributed by atoms with Crippen LogP contribution in [0.25, 0.3) is 0 Å². The molecule has 0 aliphatic heterocycles. The Hall–Kier alpha value is -2.22. The van der Waals surface area contributed by atoms with Gasteiger partial charge in [-0.05, 0) is 77.0 Å². The van der Waals surface area contributed by atoms with Gasteiger partial charge in [0.25, 0.3) is 10.1 Å². The van der Waals surface area contributed by atoms with Crippen molar-refractivity contribution in [3.63, 3.8) is 0 Å². The van der Waals surface area contributed by atoms with Gasteiger partial charge in [-0.3, -0.25) is 9.35 Å². The first-order valence-corrected chi connectivity index (χ1v) is 21.7. The SMILES string of the molecule is CCCC/C=C/CC/C=C/CC/C=C/C(O)C(CS(=O)(=O)O)NC(=O)CCCCCCCCCC/C=C\C/C=C\C/C=C\CCCCCCC. The Kier molecular flexibility index (Phi) is 34.9. The second-order valence-corrected chi connectivity index (χ2v) is 15.0. The molecule has 0 aromatic rings. The van der Waals surface area contributed by atoms with Gasteiger partial charge in [0.1, 0.15) is 0 Å². The lowest BCUT2D eigenvalue weighted by molar-refractivity contribution is -0.122. The molecule has 0 saturated heterocycles. The van der Waals surface area contributed by atoms with Crippen LogP contribution in [-0.4, -0.2) is 41.9 Å². The normalized spacial score (nSPS) is 14.1. The van der Waals surface area contributed by atoms with Crippen LogP contribution >= 0.6 is 0 Å². The molecule has 0 aliphatic carbocycles. The van der Waals surface area contributed by atoms with Crippen LogP contribution in [0.1, 0.15) is 174 Å². The van der Waals surface area contributed by atoms with Crippen LogP contribution in [-0.2, 0) is 14.9 Å². The molecule has 0 radical (unpaired) electrons. The van der Waals surface area contributed by atoms with Gasteiger partial charge in [0.2, 0.25) is 5.91 Å². The molecule has 2 atom stereocenters. The second-order valence-electron chi connectivity index (χ2n) is 13.5. The van der Waals surface area contributed by atoms with E-state index in [0.29, 0.717) is 12.8 Å². The van der Waals surface area contributed by atoms with Gasteiger partial charge in [0.15, 0.2) is 0 Å². The predicted molar refractivity (Wildman–Crippen MR) is 216 cm³/mol. The maximum atomic E-state index is 12.5. The molecule has 3 N–H and O–H groups in total. The molecular formula is C43H75NO5S. The molecule has 0 fully saturated rings. The summed E-state index contributed by atoms with van der Waals surface area (Å²) in [5.41, 5.74) is 0. The van der Waals surface area contributed by atoms with Gasteiger partial charge in [-0.2, -0.15) is 8.42 Å². The Morgan fingerprint density at radius 1 is 0.540 bits per heavy atom. The van der Waals surface area contributed by atoms with Crippen molar-refractivity contribution in [2.24, 2.45) is 0 Å². The highest BCUT2D eigenvalue weighted by molar-refractivity contribution is 7.85. The first-order valence-electron chi connectivity index (χ1n) is 20.1. The summed E-state index contributed by atoms with van der Waals surface area (Å²) in [4.78, 5) is 12.5. The molecule has 0 saturated carbocycles. The number of hydrogen-bond acceptors (Lipinski definition) is 4. The van der Waals surface area contributed by atoms with Crippen LogP contribution < -0.4 is 5.32 Å². The van der Waals surface area contributed by atoms with Crippen LogP contribution in [0.5, 0.6) is 0 Å². The van der Waals surface area contributed by atoms with Gasteiger partial charge in [-0.15, -0.1) is 0 Å². The van der Waals surface area contributed by atoms with Crippen LogP contribution in [0.2, 0.25) is 0 Å². The molecule has 1 amide bonds. The quantitative estimate of drug-likeness (QED) is 0.0344. The first-order chi connectivity index (χ1) is 24.3. The number of hydrogen-bond donors (Lipinski definition) is 3. The van der Waals surface area contributed by atoms with E-state index in [0.717, 1.165) is 64.2 Å². The molecule has 0 spiro atoms. The monoisotopic (exact) mass is 718 g/mol. The minimum Gasteiger partial charge on any atom is -0.387 e. The van der Waals surface area contributed by atoms with Crippen molar-refractivity contribution in [1.29, 1.82) is 0 Å². The Morgan fingerprint density at radius 3 is 1.46 bits per heavy atom. The van der Waals surface area contributed by atoms with Gasteiger partial charge in [-0.25, -0.2) is 0 Å². The summed E-state index contributed by atoms with van der Waals surface area (Å²) in [5.74, 6) is -1.03. The fourth-order valence-corrected chi connectivity index (χ4v) is 6.27. The third-order valence-electron chi connectivity index (χ3n) is 8.58. The summed E-state index contributed by atoms with van der Waals surface area (Å²) in [7, 11) is -4.36. The number of nitrogens with one attached hydrogen (secondary N) is 1.